The van der Waals surface area contributed by atoms with Gasteiger partial charge >= 0.3 is 0 Å². The van der Waals surface area contributed by atoms with E-state index in [0.717, 1.165) is 12.0 Å². The van der Waals surface area contributed by atoms with Crippen LogP contribution in [0.4, 0.5) is 0 Å². The number of hydrogen-bond donors (Lipinski definition) is 2. The van der Waals surface area contributed by atoms with Crippen molar-refractivity contribution in [3.8, 4) is 23.0 Å². The van der Waals surface area contributed by atoms with Crippen LogP contribution >= 0.6 is 0 Å². The molecule has 0 bridgehead atoms. The molecule has 4 rings (SSSR count). The van der Waals surface area contributed by atoms with Crippen molar-refractivity contribution in [3.05, 3.63) is 54.0 Å². The number of carbonyl (C=O) groups excluding carboxylic acids is 1. The number of carbonyl (C=O) groups is 2. The smallest absolute Gasteiger partial charge is 0.290 e. The number of methoxy groups -OCH3 is 2. The lowest BCUT2D eigenvalue weighted by molar-refractivity contribution is -0.138. The minimum absolute atomic E-state index is 0.0492. The van der Waals surface area contributed by atoms with Gasteiger partial charge in [0, 0.05) is 12.7 Å². The van der Waals surface area contributed by atoms with Crippen molar-refractivity contribution in [1.82, 2.24) is 25.1 Å². The minimum Gasteiger partial charge on any atom is -0.493 e. The minimum atomic E-state index is -0.521. The molecule has 2 N–H and O–H groups in total. The second-order valence-corrected chi connectivity index (χ2v) is 7.23. The lowest BCUT2D eigenvalue weighted by atomic mass is 9.98. The third kappa shape index (κ3) is 5.49. The van der Waals surface area contributed by atoms with E-state index in [9.17, 15) is 4.79 Å². The molecule has 1 aliphatic heterocycles. The Morgan fingerprint density at radius 3 is 2.65 bits per heavy atom. The highest BCUT2D eigenvalue weighted by molar-refractivity contribution is 5.78. The molecular formula is C23H27N5O6. The topological polar surface area (TPSA) is 138 Å². The van der Waals surface area contributed by atoms with Crippen LogP contribution in [-0.2, 0) is 20.9 Å². The summed E-state index contributed by atoms with van der Waals surface area (Å²) in [4.78, 5) is 29.7. The average Bonchev–Trinajstić information content (AvgIpc) is 3.28. The maximum Gasteiger partial charge on any atom is 0.290 e. The Hall–Kier alpha value is -3.99. The zero-order chi connectivity index (χ0) is 24.5. The first kappa shape index (κ1) is 24.6. The largest absolute Gasteiger partial charge is 0.493 e. The third-order valence-electron chi connectivity index (χ3n) is 5.06. The normalized spacial score (nSPS) is 17.2. The van der Waals surface area contributed by atoms with Gasteiger partial charge in [0.25, 0.3) is 6.47 Å². The Labute approximate surface area is 196 Å². The van der Waals surface area contributed by atoms with Crippen molar-refractivity contribution >= 4 is 12.4 Å². The molecule has 1 aliphatic rings. The first-order chi connectivity index (χ1) is 16.6. The molecule has 1 saturated heterocycles. The highest BCUT2D eigenvalue weighted by Gasteiger charge is 2.36. The number of benzene rings is 1. The molecule has 0 spiro atoms. The van der Waals surface area contributed by atoms with Crippen molar-refractivity contribution in [2.75, 3.05) is 20.8 Å². The number of pyridine rings is 1. The van der Waals surface area contributed by atoms with Crippen LogP contribution in [0.1, 0.15) is 36.9 Å². The molecule has 34 heavy (non-hydrogen) atoms. The van der Waals surface area contributed by atoms with Gasteiger partial charge in [-0.3, -0.25) is 14.6 Å². The fraction of sp³-hybridized carbons (Fsp3) is 0.348. The van der Waals surface area contributed by atoms with E-state index in [4.69, 9.17) is 29.1 Å². The van der Waals surface area contributed by atoms with Gasteiger partial charge in [-0.25, -0.2) is 9.67 Å². The molecule has 2 atom stereocenters. The molecule has 11 heteroatoms. The summed E-state index contributed by atoms with van der Waals surface area (Å²) in [7, 11) is 3.16. The molecule has 1 amide bonds. The molecule has 0 saturated carbocycles. The van der Waals surface area contributed by atoms with Gasteiger partial charge < -0.3 is 24.6 Å². The van der Waals surface area contributed by atoms with Crippen LogP contribution in [0.3, 0.4) is 0 Å². The Balaban J connectivity index is 0.00000103. The number of aromatic nitrogens is 4. The summed E-state index contributed by atoms with van der Waals surface area (Å²) in [6.45, 7) is 2.44. The lowest BCUT2D eigenvalue weighted by Crippen LogP contribution is -2.42. The van der Waals surface area contributed by atoms with E-state index in [2.05, 4.69) is 22.3 Å². The number of carboxylic acid groups (broad SMARTS) is 1. The van der Waals surface area contributed by atoms with E-state index in [0.29, 0.717) is 35.4 Å². The van der Waals surface area contributed by atoms with Crippen molar-refractivity contribution < 1.29 is 28.9 Å². The van der Waals surface area contributed by atoms with E-state index in [1.54, 1.807) is 20.4 Å². The van der Waals surface area contributed by atoms with E-state index < -0.39 is 12.1 Å². The highest BCUT2D eigenvalue weighted by Crippen LogP contribution is 2.38. The molecule has 2 aromatic heterocycles. The number of morpholine rings is 1. The first-order valence-corrected chi connectivity index (χ1v) is 10.6. The van der Waals surface area contributed by atoms with Gasteiger partial charge in [0.1, 0.15) is 18.4 Å². The van der Waals surface area contributed by atoms with E-state index in [1.807, 2.05) is 41.1 Å². The zero-order valence-electron chi connectivity index (χ0n) is 19.2. The van der Waals surface area contributed by atoms with Gasteiger partial charge in [-0.05, 0) is 36.2 Å². The maximum absolute atomic E-state index is 12.2. The predicted molar refractivity (Wildman–Crippen MR) is 121 cm³/mol. The summed E-state index contributed by atoms with van der Waals surface area (Å²) >= 11 is 0. The van der Waals surface area contributed by atoms with Crippen LogP contribution in [0, 0.1) is 0 Å². The molecule has 3 heterocycles. The second-order valence-electron chi connectivity index (χ2n) is 7.23. The molecule has 0 unspecified atom stereocenters. The number of nitrogens with one attached hydrogen (secondary N) is 1. The molecular weight excluding hydrogens is 442 g/mol. The number of amides is 1. The first-order valence-electron chi connectivity index (χ1n) is 10.6. The van der Waals surface area contributed by atoms with E-state index >= 15 is 0 Å². The molecule has 1 fully saturated rings. The Morgan fingerprint density at radius 2 is 2.00 bits per heavy atom. The number of nitrogens with zero attached hydrogens (tertiary/aromatic N) is 4. The van der Waals surface area contributed by atoms with Gasteiger partial charge in [0.2, 0.25) is 5.91 Å². The lowest BCUT2D eigenvalue weighted by Gasteiger charge is -2.32. The van der Waals surface area contributed by atoms with Crippen LogP contribution in [-0.4, -0.2) is 58.1 Å². The van der Waals surface area contributed by atoms with Crippen LogP contribution < -0.4 is 14.8 Å². The quantitative estimate of drug-likeness (QED) is 0.500. The van der Waals surface area contributed by atoms with Gasteiger partial charge in [0.05, 0.1) is 20.3 Å². The number of rotatable bonds is 7. The Kier molecular flexibility index (Phi) is 8.52. The second kappa shape index (κ2) is 11.8. The van der Waals surface area contributed by atoms with Gasteiger partial charge in [0.15, 0.2) is 23.1 Å². The van der Waals surface area contributed by atoms with Crippen LogP contribution in [0.5, 0.6) is 11.5 Å². The Morgan fingerprint density at radius 1 is 1.24 bits per heavy atom. The highest BCUT2D eigenvalue weighted by atomic mass is 16.5. The summed E-state index contributed by atoms with van der Waals surface area (Å²) in [5.74, 6) is 2.15. The van der Waals surface area contributed by atoms with Crippen molar-refractivity contribution in [2.45, 2.75) is 32.0 Å². The van der Waals surface area contributed by atoms with Crippen LogP contribution in [0.15, 0.2) is 42.6 Å². The van der Waals surface area contributed by atoms with Crippen LogP contribution in [0.25, 0.3) is 11.5 Å². The van der Waals surface area contributed by atoms with Crippen molar-refractivity contribution in [1.29, 1.82) is 0 Å². The summed E-state index contributed by atoms with van der Waals surface area (Å²) in [5.41, 5.74) is 1.50. The predicted octanol–water partition coefficient (Wildman–Crippen LogP) is 2.40. The van der Waals surface area contributed by atoms with Crippen LogP contribution in [0.2, 0.25) is 0 Å². The maximum atomic E-state index is 12.2. The molecule has 11 nitrogen and oxygen atoms in total. The van der Waals surface area contributed by atoms with E-state index in [-0.39, 0.29) is 19.0 Å². The zero-order valence-corrected chi connectivity index (χ0v) is 19.2. The molecule has 0 aliphatic carbocycles. The molecule has 3 aromatic rings. The summed E-state index contributed by atoms with van der Waals surface area (Å²) in [6, 6.07) is 10.7. The molecule has 1 aromatic carbocycles. The van der Waals surface area contributed by atoms with Crippen molar-refractivity contribution in [2.24, 2.45) is 0 Å². The monoisotopic (exact) mass is 469 g/mol. The summed E-state index contributed by atoms with van der Waals surface area (Å²) in [5, 5.41) is 14.6. The molecule has 180 valence electrons. The fourth-order valence-electron chi connectivity index (χ4n) is 3.63. The summed E-state index contributed by atoms with van der Waals surface area (Å²) < 4.78 is 18.6. The van der Waals surface area contributed by atoms with E-state index in [1.165, 1.54) is 0 Å². The van der Waals surface area contributed by atoms with Crippen molar-refractivity contribution in [3.63, 3.8) is 0 Å². The summed E-state index contributed by atoms with van der Waals surface area (Å²) in [6.07, 6.45) is 2.06. The molecule has 0 radical (unpaired) electrons. The van der Waals surface area contributed by atoms with Gasteiger partial charge in [-0.1, -0.05) is 19.1 Å². The SMILES string of the molecule is CCCn1nc(-c2ccccn2)nc1[C@H]1OCC(=O)N[C@@H]1c1ccc(OC)c(OC)c1.O=CO. The fourth-order valence-corrected chi connectivity index (χ4v) is 3.63. The number of hydrogen-bond acceptors (Lipinski definition) is 8. The van der Waals surface area contributed by atoms with Gasteiger partial charge in [-0.2, -0.15) is 0 Å². The third-order valence-corrected chi connectivity index (χ3v) is 5.06. The van der Waals surface area contributed by atoms with Gasteiger partial charge in [-0.15, -0.1) is 5.10 Å². The Bertz CT molecular complexity index is 1100. The average molecular weight is 469 g/mol. The number of ether oxygens (including phenoxy) is 3. The number of aryl methyl sites for hydroxylation is 1. The standard InChI is InChI=1S/C22H25N5O4.CH2O2/c1-4-11-27-22(25-21(26-27)15-7-5-6-10-23-15)20-19(24-18(28)13-31-20)14-8-9-16(29-2)17(12-14)30-3;2-1-3/h5-10,12,19-20H,4,11,13H2,1-3H3,(H,24,28);1H,(H,2,3)/t19-,20+;/m1./s1.